The van der Waals surface area contributed by atoms with Crippen molar-refractivity contribution in [2.75, 3.05) is 6.54 Å². The van der Waals surface area contributed by atoms with Crippen molar-refractivity contribution in [2.45, 2.75) is 65.3 Å². The van der Waals surface area contributed by atoms with E-state index in [9.17, 15) is 4.79 Å². The average Bonchev–Trinajstić information content (AvgIpc) is 2.68. The third-order valence-electron chi connectivity index (χ3n) is 4.80. The molecule has 1 amide bonds. The van der Waals surface area contributed by atoms with Gasteiger partial charge in [0.15, 0.2) is 0 Å². The lowest BCUT2D eigenvalue weighted by molar-refractivity contribution is -0.132. The molecule has 5 nitrogen and oxygen atoms in total. The van der Waals surface area contributed by atoms with Crippen molar-refractivity contribution in [2.24, 2.45) is 11.1 Å². The minimum atomic E-state index is -0.399. The van der Waals surface area contributed by atoms with Gasteiger partial charge in [0.25, 0.3) is 0 Å². The van der Waals surface area contributed by atoms with Crippen LogP contribution in [-0.2, 0) is 4.79 Å². The molecule has 1 fully saturated rings. The van der Waals surface area contributed by atoms with Crippen molar-refractivity contribution in [3.8, 4) is 0 Å². The third-order valence-corrected chi connectivity index (χ3v) is 4.80. The standard InChI is InChI=1S/C16H27N3O2/c1-11(14-12(2)19-21-13(14)3)18-15(20)16(10-17)8-6-4-5-7-9-16/h11H,4-10,17H2,1-3H3,(H,18,20). The van der Waals surface area contributed by atoms with Gasteiger partial charge in [-0.2, -0.15) is 0 Å². The lowest BCUT2D eigenvalue weighted by Crippen LogP contribution is -2.46. The van der Waals surface area contributed by atoms with Gasteiger partial charge in [0.2, 0.25) is 5.91 Å². The molecular weight excluding hydrogens is 266 g/mol. The maximum Gasteiger partial charge on any atom is 0.227 e. The Bertz CT molecular complexity index is 468. The number of nitrogens with two attached hydrogens (primary N) is 1. The lowest BCUT2D eigenvalue weighted by atomic mass is 9.79. The van der Waals surface area contributed by atoms with Gasteiger partial charge >= 0.3 is 0 Å². The monoisotopic (exact) mass is 293 g/mol. The highest BCUT2D eigenvalue weighted by molar-refractivity contribution is 5.83. The van der Waals surface area contributed by atoms with Crippen LogP contribution in [0.15, 0.2) is 4.52 Å². The molecular formula is C16H27N3O2. The molecule has 0 radical (unpaired) electrons. The molecule has 0 bridgehead atoms. The summed E-state index contributed by atoms with van der Waals surface area (Å²) >= 11 is 0. The van der Waals surface area contributed by atoms with Crippen LogP contribution in [0.3, 0.4) is 0 Å². The molecule has 3 N–H and O–H groups in total. The van der Waals surface area contributed by atoms with Gasteiger partial charge < -0.3 is 15.6 Å². The molecule has 1 aromatic rings. The summed E-state index contributed by atoms with van der Waals surface area (Å²) in [7, 11) is 0. The molecule has 0 aromatic carbocycles. The Morgan fingerprint density at radius 1 is 1.33 bits per heavy atom. The van der Waals surface area contributed by atoms with Gasteiger partial charge in [-0.25, -0.2) is 0 Å². The number of nitrogens with zero attached hydrogens (tertiary/aromatic N) is 1. The van der Waals surface area contributed by atoms with E-state index in [0.717, 1.165) is 42.7 Å². The van der Waals surface area contributed by atoms with Gasteiger partial charge in [0.05, 0.1) is 17.2 Å². The number of hydrogen-bond donors (Lipinski definition) is 2. The highest BCUT2D eigenvalue weighted by Crippen LogP contribution is 2.35. The SMILES string of the molecule is Cc1noc(C)c1C(C)NC(=O)C1(CN)CCCCCC1. The van der Waals surface area contributed by atoms with Crippen LogP contribution in [0, 0.1) is 19.3 Å². The summed E-state index contributed by atoms with van der Waals surface area (Å²) < 4.78 is 5.19. The highest BCUT2D eigenvalue weighted by atomic mass is 16.5. The Morgan fingerprint density at radius 3 is 2.43 bits per heavy atom. The normalized spacial score (nSPS) is 19.8. The number of rotatable bonds is 4. The largest absolute Gasteiger partial charge is 0.361 e. The zero-order valence-corrected chi connectivity index (χ0v) is 13.4. The number of carbonyl (C=O) groups excluding carboxylic acids is 1. The quantitative estimate of drug-likeness (QED) is 0.836. The van der Waals surface area contributed by atoms with Crippen LogP contribution in [-0.4, -0.2) is 17.6 Å². The maximum atomic E-state index is 12.8. The van der Waals surface area contributed by atoms with Crippen LogP contribution < -0.4 is 11.1 Å². The molecule has 118 valence electrons. The molecule has 2 rings (SSSR count). The number of aromatic nitrogens is 1. The van der Waals surface area contributed by atoms with Gasteiger partial charge in [-0.05, 0) is 33.6 Å². The van der Waals surface area contributed by atoms with Crippen molar-refractivity contribution in [3.05, 3.63) is 17.0 Å². The fraction of sp³-hybridized carbons (Fsp3) is 0.750. The summed E-state index contributed by atoms with van der Waals surface area (Å²) in [6.07, 6.45) is 6.37. The summed E-state index contributed by atoms with van der Waals surface area (Å²) in [5.74, 6) is 0.849. The van der Waals surface area contributed by atoms with Crippen LogP contribution in [0.4, 0.5) is 0 Å². The molecule has 1 aliphatic carbocycles. The van der Waals surface area contributed by atoms with Crippen LogP contribution in [0.2, 0.25) is 0 Å². The zero-order valence-electron chi connectivity index (χ0n) is 13.4. The fourth-order valence-corrected chi connectivity index (χ4v) is 3.46. The van der Waals surface area contributed by atoms with Crippen molar-refractivity contribution in [3.63, 3.8) is 0 Å². The number of amides is 1. The van der Waals surface area contributed by atoms with E-state index < -0.39 is 5.41 Å². The second kappa shape index (κ2) is 6.60. The predicted molar refractivity (Wildman–Crippen MR) is 81.7 cm³/mol. The fourth-order valence-electron chi connectivity index (χ4n) is 3.46. The maximum absolute atomic E-state index is 12.8. The summed E-state index contributed by atoms with van der Waals surface area (Å²) in [6.45, 7) is 6.18. The Morgan fingerprint density at radius 2 is 1.95 bits per heavy atom. The van der Waals surface area contributed by atoms with Gasteiger partial charge in [-0.1, -0.05) is 30.8 Å². The molecule has 0 saturated heterocycles. The minimum Gasteiger partial charge on any atom is -0.361 e. The topological polar surface area (TPSA) is 81.2 Å². The van der Waals surface area contributed by atoms with E-state index >= 15 is 0 Å². The van der Waals surface area contributed by atoms with Gasteiger partial charge in [0.1, 0.15) is 5.76 Å². The molecule has 1 aromatic heterocycles. The first kappa shape index (κ1) is 16.0. The van der Waals surface area contributed by atoms with Crippen LogP contribution in [0.5, 0.6) is 0 Å². The number of nitrogens with one attached hydrogen (secondary N) is 1. The summed E-state index contributed by atoms with van der Waals surface area (Å²) in [5, 5.41) is 7.09. The highest BCUT2D eigenvalue weighted by Gasteiger charge is 2.38. The van der Waals surface area contributed by atoms with E-state index in [1.165, 1.54) is 12.8 Å². The van der Waals surface area contributed by atoms with Crippen LogP contribution >= 0.6 is 0 Å². The number of aryl methyl sites for hydroxylation is 2. The van der Waals surface area contributed by atoms with Crippen molar-refractivity contribution >= 4 is 5.91 Å². The van der Waals surface area contributed by atoms with E-state index in [1.807, 2.05) is 20.8 Å². The van der Waals surface area contributed by atoms with Crippen LogP contribution in [0.1, 0.15) is 68.5 Å². The van der Waals surface area contributed by atoms with Gasteiger partial charge in [-0.3, -0.25) is 4.79 Å². The number of hydrogen-bond acceptors (Lipinski definition) is 4. The second-order valence-electron chi connectivity index (χ2n) is 6.33. The minimum absolute atomic E-state index is 0.0828. The van der Waals surface area contributed by atoms with Crippen molar-refractivity contribution in [1.29, 1.82) is 0 Å². The molecule has 1 heterocycles. The first-order valence-electron chi connectivity index (χ1n) is 7.94. The van der Waals surface area contributed by atoms with E-state index in [1.54, 1.807) is 0 Å². The number of carbonyl (C=O) groups is 1. The average molecular weight is 293 g/mol. The first-order chi connectivity index (χ1) is 10.00. The second-order valence-corrected chi connectivity index (χ2v) is 6.33. The van der Waals surface area contributed by atoms with Crippen molar-refractivity contribution < 1.29 is 9.32 Å². The first-order valence-corrected chi connectivity index (χ1v) is 7.94. The molecule has 0 aliphatic heterocycles. The lowest BCUT2D eigenvalue weighted by Gasteiger charge is -2.31. The molecule has 1 aliphatic rings. The Balaban J connectivity index is 2.12. The van der Waals surface area contributed by atoms with Crippen LogP contribution in [0.25, 0.3) is 0 Å². The zero-order chi connectivity index (χ0) is 15.5. The van der Waals surface area contributed by atoms with E-state index in [0.29, 0.717) is 6.54 Å². The smallest absolute Gasteiger partial charge is 0.227 e. The van der Waals surface area contributed by atoms with Gasteiger partial charge in [-0.15, -0.1) is 0 Å². The molecule has 1 atom stereocenters. The summed E-state index contributed by atoms with van der Waals surface area (Å²) in [4.78, 5) is 12.8. The Labute approximate surface area is 126 Å². The van der Waals surface area contributed by atoms with E-state index in [2.05, 4.69) is 10.5 Å². The molecule has 5 heteroatoms. The predicted octanol–water partition coefficient (Wildman–Crippen LogP) is 2.77. The molecule has 1 saturated carbocycles. The molecule has 21 heavy (non-hydrogen) atoms. The summed E-state index contributed by atoms with van der Waals surface area (Å²) in [5.41, 5.74) is 7.38. The van der Waals surface area contributed by atoms with Crippen molar-refractivity contribution in [1.82, 2.24) is 10.5 Å². The third kappa shape index (κ3) is 3.28. The Kier molecular flexibility index (Phi) is 5.04. The van der Waals surface area contributed by atoms with Gasteiger partial charge in [0, 0.05) is 12.1 Å². The molecule has 1 unspecified atom stereocenters. The molecule has 0 spiro atoms. The van der Waals surface area contributed by atoms with E-state index in [-0.39, 0.29) is 11.9 Å². The summed E-state index contributed by atoms with van der Waals surface area (Å²) in [6, 6.07) is -0.101. The van der Waals surface area contributed by atoms with E-state index in [4.69, 9.17) is 10.3 Å². The Hall–Kier alpha value is -1.36.